The van der Waals surface area contributed by atoms with Gasteiger partial charge in [-0.2, -0.15) is 5.01 Å². The van der Waals surface area contributed by atoms with Crippen molar-refractivity contribution in [3.8, 4) is 0 Å². The van der Waals surface area contributed by atoms with E-state index in [1.165, 1.54) is 6.42 Å². The number of carbonyl (C=O) groups is 1. The highest BCUT2D eigenvalue weighted by Crippen LogP contribution is 2.25. The van der Waals surface area contributed by atoms with Crippen LogP contribution in [0.4, 0.5) is 0 Å². The maximum Gasteiger partial charge on any atom is 0.248 e. The van der Waals surface area contributed by atoms with E-state index >= 15 is 0 Å². The topological polar surface area (TPSA) is 49.7 Å². The van der Waals surface area contributed by atoms with E-state index in [0.29, 0.717) is 0 Å². The van der Waals surface area contributed by atoms with E-state index in [1.54, 1.807) is 0 Å². The number of rotatable bonds is 4. The maximum absolute atomic E-state index is 11.7. The summed E-state index contributed by atoms with van der Waals surface area (Å²) in [5, 5.41) is 3.66. The Morgan fingerprint density at radius 3 is 2.50 bits per heavy atom. The van der Waals surface area contributed by atoms with Crippen LogP contribution < -0.4 is 0 Å². The molecule has 0 aliphatic heterocycles. The Balaban J connectivity index is 2.47. The number of alkyl halides is 1. The second-order valence-electron chi connectivity index (χ2n) is 3.57. The number of hydrogen-bond donors (Lipinski definition) is 0. The lowest BCUT2D eigenvalue weighted by atomic mass is 9.88. The van der Waals surface area contributed by atoms with Gasteiger partial charge in [0.1, 0.15) is 0 Å². The Bertz CT molecular complexity index is 205. The lowest BCUT2D eigenvalue weighted by molar-refractivity contribution is -0.136. The van der Waals surface area contributed by atoms with E-state index in [9.17, 15) is 9.70 Å². The van der Waals surface area contributed by atoms with E-state index < -0.39 is 0 Å². The van der Waals surface area contributed by atoms with Crippen molar-refractivity contribution in [1.82, 2.24) is 5.01 Å². The van der Waals surface area contributed by atoms with Crippen molar-refractivity contribution < 1.29 is 4.79 Å². The van der Waals surface area contributed by atoms with Crippen molar-refractivity contribution in [2.24, 2.45) is 11.2 Å². The van der Waals surface area contributed by atoms with Gasteiger partial charge in [0.15, 0.2) is 0 Å². The quantitative estimate of drug-likeness (QED) is 0.413. The largest absolute Gasteiger partial charge is 0.273 e. The Morgan fingerprint density at radius 2 is 2.00 bits per heavy atom. The lowest BCUT2D eigenvalue weighted by Crippen LogP contribution is -2.34. The van der Waals surface area contributed by atoms with Crippen LogP contribution in [-0.2, 0) is 4.79 Å². The van der Waals surface area contributed by atoms with Crippen LogP contribution in [0.1, 0.15) is 32.1 Å². The van der Waals surface area contributed by atoms with Gasteiger partial charge in [-0.1, -0.05) is 19.3 Å². The van der Waals surface area contributed by atoms with Crippen LogP contribution in [0.5, 0.6) is 0 Å². The Kier molecular flexibility index (Phi) is 4.87. The molecule has 0 spiro atoms. The molecule has 1 aliphatic rings. The molecule has 1 rings (SSSR count). The van der Waals surface area contributed by atoms with Crippen LogP contribution in [0.15, 0.2) is 5.29 Å². The average Bonchev–Trinajstić information content (AvgIpc) is 2.26. The molecule has 1 aliphatic carbocycles. The Hall–Kier alpha value is -0.640. The molecular weight excluding hydrogens is 204 g/mol. The lowest BCUT2D eigenvalue weighted by Gasteiger charge is -2.23. The maximum atomic E-state index is 11.7. The number of halogens is 1. The van der Waals surface area contributed by atoms with Gasteiger partial charge in [-0.3, -0.25) is 4.79 Å². The summed E-state index contributed by atoms with van der Waals surface area (Å²) in [5.74, 6) is 0.0921. The van der Waals surface area contributed by atoms with Crippen molar-refractivity contribution in [2.75, 3.05) is 12.4 Å². The van der Waals surface area contributed by atoms with Crippen molar-refractivity contribution in [3.63, 3.8) is 0 Å². The van der Waals surface area contributed by atoms with Crippen molar-refractivity contribution in [3.05, 3.63) is 4.91 Å². The molecular formula is C9H15ClN2O2. The number of amides is 1. The molecule has 0 aromatic carbocycles. The zero-order valence-electron chi connectivity index (χ0n) is 8.12. The molecule has 80 valence electrons. The van der Waals surface area contributed by atoms with Gasteiger partial charge in [-0.15, -0.1) is 16.5 Å². The first-order chi connectivity index (χ1) is 6.79. The third-order valence-electron chi connectivity index (χ3n) is 2.60. The summed E-state index contributed by atoms with van der Waals surface area (Å²) in [4.78, 5) is 22.1. The minimum Gasteiger partial charge on any atom is -0.273 e. The first-order valence-corrected chi connectivity index (χ1v) is 5.53. The van der Waals surface area contributed by atoms with Crippen LogP contribution in [-0.4, -0.2) is 23.3 Å². The molecule has 1 fully saturated rings. The normalized spacial score (nSPS) is 17.8. The third kappa shape index (κ3) is 2.94. The molecule has 4 nitrogen and oxygen atoms in total. The van der Waals surface area contributed by atoms with Crippen LogP contribution >= 0.6 is 11.6 Å². The van der Waals surface area contributed by atoms with Gasteiger partial charge in [0.2, 0.25) is 5.91 Å². The fraction of sp³-hybridized carbons (Fsp3) is 0.889. The Morgan fingerprint density at radius 1 is 1.36 bits per heavy atom. The van der Waals surface area contributed by atoms with Crippen LogP contribution in [0.2, 0.25) is 0 Å². The number of nitroso groups, excluding NO2 is 1. The highest BCUT2D eigenvalue weighted by atomic mass is 35.5. The molecule has 0 N–H and O–H groups in total. The molecule has 0 saturated heterocycles. The fourth-order valence-electron chi connectivity index (χ4n) is 1.83. The number of nitrogens with zero attached hydrogens (tertiary/aromatic N) is 2. The molecule has 0 unspecified atom stereocenters. The van der Waals surface area contributed by atoms with Gasteiger partial charge in [0.25, 0.3) is 0 Å². The summed E-state index contributed by atoms with van der Waals surface area (Å²) >= 11 is 5.47. The average molecular weight is 219 g/mol. The molecule has 14 heavy (non-hydrogen) atoms. The minimum absolute atomic E-state index is 0.00957. The number of hydrogen-bond acceptors (Lipinski definition) is 3. The SMILES string of the molecule is O=NN(CCCl)C(=O)C1CCCCC1. The van der Waals surface area contributed by atoms with Crippen LogP contribution in [0, 0.1) is 10.8 Å². The summed E-state index contributed by atoms with van der Waals surface area (Å²) in [5.41, 5.74) is 0. The summed E-state index contributed by atoms with van der Waals surface area (Å²) < 4.78 is 0. The zero-order chi connectivity index (χ0) is 10.4. The van der Waals surface area contributed by atoms with E-state index in [0.717, 1.165) is 30.7 Å². The highest BCUT2D eigenvalue weighted by Gasteiger charge is 2.26. The molecule has 0 atom stereocenters. The standard InChI is InChI=1S/C9H15ClN2O2/c10-6-7-12(11-14)9(13)8-4-2-1-3-5-8/h8H,1-7H2. The van der Waals surface area contributed by atoms with Gasteiger partial charge in [-0.05, 0) is 12.8 Å². The molecule has 1 amide bonds. The van der Waals surface area contributed by atoms with Gasteiger partial charge in [-0.25, -0.2) is 0 Å². The van der Waals surface area contributed by atoms with Crippen molar-refractivity contribution in [1.29, 1.82) is 0 Å². The van der Waals surface area contributed by atoms with Gasteiger partial charge in [0.05, 0.1) is 11.8 Å². The third-order valence-corrected chi connectivity index (χ3v) is 2.77. The molecule has 0 bridgehead atoms. The number of carbonyl (C=O) groups excluding carboxylic acids is 1. The van der Waals surface area contributed by atoms with Crippen molar-refractivity contribution >= 4 is 17.5 Å². The summed E-state index contributed by atoms with van der Waals surface area (Å²) in [6.07, 6.45) is 5.10. The zero-order valence-corrected chi connectivity index (χ0v) is 8.87. The van der Waals surface area contributed by atoms with Crippen LogP contribution in [0.3, 0.4) is 0 Å². The first kappa shape index (κ1) is 11.4. The highest BCUT2D eigenvalue weighted by molar-refractivity contribution is 6.18. The van der Waals surface area contributed by atoms with E-state index in [4.69, 9.17) is 11.6 Å². The summed E-state index contributed by atoms with van der Waals surface area (Å²) in [7, 11) is 0. The monoisotopic (exact) mass is 218 g/mol. The molecule has 0 radical (unpaired) electrons. The molecule has 0 heterocycles. The summed E-state index contributed by atoms with van der Waals surface area (Å²) in [6.45, 7) is 0.223. The van der Waals surface area contributed by atoms with E-state index in [-0.39, 0.29) is 24.2 Å². The molecule has 0 aromatic rings. The van der Waals surface area contributed by atoms with Crippen molar-refractivity contribution in [2.45, 2.75) is 32.1 Å². The van der Waals surface area contributed by atoms with E-state index in [2.05, 4.69) is 5.29 Å². The summed E-state index contributed by atoms with van der Waals surface area (Å²) in [6, 6.07) is 0. The Labute approximate surface area is 88.5 Å². The van der Waals surface area contributed by atoms with Gasteiger partial charge >= 0.3 is 0 Å². The molecule has 5 heteroatoms. The van der Waals surface area contributed by atoms with Gasteiger partial charge in [0, 0.05) is 11.8 Å². The predicted octanol–water partition coefficient (Wildman–Crippen LogP) is 2.32. The van der Waals surface area contributed by atoms with E-state index in [1.807, 2.05) is 0 Å². The van der Waals surface area contributed by atoms with Crippen LogP contribution in [0.25, 0.3) is 0 Å². The van der Waals surface area contributed by atoms with Gasteiger partial charge < -0.3 is 0 Å². The second-order valence-corrected chi connectivity index (χ2v) is 3.94. The first-order valence-electron chi connectivity index (χ1n) is 5.00. The molecule has 0 aromatic heterocycles. The second kappa shape index (κ2) is 5.96. The molecule has 1 saturated carbocycles. The smallest absolute Gasteiger partial charge is 0.248 e. The minimum atomic E-state index is -0.152. The predicted molar refractivity (Wildman–Crippen MR) is 54.8 cm³/mol. The fourth-order valence-corrected chi connectivity index (χ4v) is 1.99.